The number of ether oxygens (including phenoxy) is 1. The molecule has 0 aliphatic carbocycles. The molecule has 2 amide bonds. The number of rotatable bonds is 6. The first-order valence-corrected chi connectivity index (χ1v) is 11.4. The zero-order valence-electron chi connectivity index (χ0n) is 16.8. The molecule has 1 spiro atoms. The van der Waals surface area contributed by atoms with Gasteiger partial charge in [-0.1, -0.05) is 11.6 Å². The topological polar surface area (TPSA) is 95.9 Å². The van der Waals surface area contributed by atoms with Crippen LogP contribution in [0.15, 0.2) is 24.3 Å². The van der Waals surface area contributed by atoms with Gasteiger partial charge in [0.25, 0.3) is 0 Å². The van der Waals surface area contributed by atoms with E-state index in [0.29, 0.717) is 17.1 Å². The van der Waals surface area contributed by atoms with Crippen molar-refractivity contribution in [1.82, 2.24) is 4.90 Å². The van der Waals surface area contributed by atoms with Crippen LogP contribution >= 0.6 is 23.4 Å². The van der Waals surface area contributed by atoms with Gasteiger partial charge in [0.05, 0.1) is 35.8 Å². The highest BCUT2D eigenvalue weighted by Crippen LogP contribution is 2.66. The SMILES string of the molecule is CCOC(=O)[C@@H]1[C@@H]2CCC3(S2)C(C(=O)Nc2ccc(Cl)cc2)N([C@H](C)CO)C(=O)[C@H]13. The monoisotopic (exact) mass is 452 g/mol. The second-order valence-corrected chi connectivity index (χ2v) is 10.1. The first kappa shape index (κ1) is 21.5. The van der Waals surface area contributed by atoms with Crippen LogP contribution in [0.4, 0.5) is 5.69 Å². The Labute approximate surface area is 184 Å². The maximum Gasteiger partial charge on any atom is 0.310 e. The molecule has 4 rings (SSSR count). The first-order chi connectivity index (χ1) is 14.3. The van der Waals surface area contributed by atoms with Crippen molar-refractivity contribution in [2.75, 3.05) is 18.5 Å². The maximum absolute atomic E-state index is 13.5. The van der Waals surface area contributed by atoms with Crippen molar-refractivity contribution in [1.29, 1.82) is 0 Å². The second kappa shape index (κ2) is 8.05. The summed E-state index contributed by atoms with van der Waals surface area (Å²) in [6, 6.07) is 5.44. The van der Waals surface area contributed by atoms with Crippen LogP contribution in [-0.4, -0.2) is 63.1 Å². The predicted octanol–water partition coefficient (Wildman–Crippen LogP) is 2.31. The number of benzene rings is 1. The number of aliphatic hydroxyl groups is 1. The van der Waals surface area contributed by atoms with Gasteiger partial charge in [0, 0.05) is 16.0 Å². The number of fused-ring (bicyclic) bond motifs is 1. The minimum absolute atomic E-state index is 0.0320. The summed E-state index contributed by atoms with van der Waals surface area (Å²) in [6.07, 6.45) is 1.42. The fraction of sp³-hybridized carbons (Fsp3) is 0.571. The van der Waals surface area contributed by atoms with E-state index in [2.05, 4.69) is 5.32 Å². The van der Waals surface area contributed by atoms with Gasteiger partial charge in [0.2, 0.25) is 11.8 Å². The summed E-state index contributed by atoms with van der Waals surface area (Å²) >= 11 is 7.50. The van der Waals surface area contributed by atoms with Gasteiger partial charge in [0.1, 0.15) is 6.04 Å². The van der Waals surface area contributed by atoms with Gasteiger partial charge in [0.15, 0.2) is 0 Å². The summed E-state index contributed by atoms with van der Waals surface area (Å²) in [5.41, 5.74) is 0.577. The summed E-state index contributed by atoms with van der Waals surface area (Å²) in [6.45, 7) is 3.44. The lowest BCUT2D eigenvalue weighted by Crippen LogP contribution is -2.54. The number of nitrogens with one attached hydrogen (secondary N) is 1. The smallest absolute Gasteiger partial charge is 0.310 e. The van der Waals surface area contributed by atoms with Crippen molar-refractivity contribution >= 4 is 46.8 Å². The third-order valence-corrected chi connectivity index (χ3v) is 8.60. The second-order valence-electron chi connectivity index (χ2n) is 8.08. The molecule has 30 heavy (non-hydrogen) atoms. The number of anilines is 1. The molecule has 1 aromatic rings. The number of amides is 2. The molecular weight excluding hydrogens is 428 g/mol. The minimum atomic E-state index is -0.776. The Morgan fingerprint density at radius 1 is 1.40 bits per heavy atom. The molecule has 162 valence electrons. The third kappa shape index (κ3) is 3.20. The number of likely N-dealkylation sites (tertiary alicyclic amines) is 1. The fourth-order valence-electron chi connectivity index (χ4n) is 5.20. The van der Waals surface area contributed by atoms with E-state index in [0.717, 1.165) is 6.42 Å². The Kier molecular flexibility index (Phi) is 5.76. The molecular formula is C21H25ClN2O5S. The Hall–Kier alpha value is -1.77. The molecule has 2 N–H and O–H groups in total. The number of hydrogen-bond donors (Lipinski definition) is 2. The van der Waals surface area contributed by atoms with Crippen LogP contribution in [0.5, 0.6) is 0 Å². The van der Waals surface area contributed by atoms with E-state index in [9.17, 15) is 19.5 Å². The van der Waals surface area contributed by atoms with Gasteiger partial charge < -0.3 is 20.1 Å². The minimum Gasteiger partial charge on any atom is -0.466 e. The van der Waals surface area contributed by atoms with Crippen LogP contribution in [0.3, 0.4) is 0 Å². The molecule has 3 aliphatic rings. The number of nitrogens with zero attached hydrogens (tertiary/aromatic N) is 1. The molecule has 0 radical (unpaired) electrons. The number of thioether (sulfide) groups is 1. The number of hydrogen-bond acceptors (Lipinski definition) is 6. The van der Waals surface area contributed by atoms with E-state index in [1.54, 1.807) is 49.9 Å². The molecule has 2 unspecified atom stereocenters. The molecule has 3 aliphatic heterocycles. The molecule has 1 aromatic carbocycles. The number of carbonyl (C=O) groups is 3. The fourth-order valence-corrected chi connectivity index (χ4v) is 7.52. The highest BCUT2D eigenvalue weighted by atomic mass is 35.5. The average molecular weight is 453 g/mol. The highest BCUT2D eigenvalue weighted by Gasteiger charge is 2.74. The zero-order chi connectivity index (χ0) is 21.6. The van der Waals surface area contributed by atoms with Crippen LogP contribution < -0.4 is 5.32 Å². The van der Waals surface area contributed by atoms with Gasteiger partial charge in [-0.25, -0.2) is 0 Å². The van der Waals surface area contributed by atoms with E-state index >= 15 is 0 Å². The van der Waals surface area contributed by atoms with Crippen molar-refractivity contribution in [2.24, 2.45) is 11.8 Å². The van der Waals surface area contributed by atoms with Crippen LogP contribution in [0.1, 0.15) is 26.7 Å². The van der Waals surface area contributed by atoms with Crippen molar-refractivity contribution in [3.05, 3.63) is 29.3 Å². The lowest BCUT2D eigenvalue weighted by atomic mass is 9.71. The number of carbonyl (C=O) groups excluding carboxylic acids is 3. The molecule has 0 saturated carbocycles. The summed E-state index contributed by atoms with van der Waals surface area (Å²) in [4.78, 5) is 41.1. The summed E-state index contributed by atoms with van der Waals surface area (Å²) < 4.78 is 4.58. The largest absolute Gasteiger partial charge is 0.466 e. The van der Waals surface area contributed by atoms with Crippen molar-refractivity contribution in [3.8, 4) is 0 Å². The maximum atomic E-state index is 13.5. The lowest BCUT2D eigenvalue weighted by molar-refractivity contribution is -0.154. The first-order valence-electron chi connectivity index (χ1n) is 10.2. The molecule has 9 heteroatoms. The van der Waals surface area contributed by atoms with Crippen molar-refractivity contribution < 1.29 is 24.2 Å². The van der Waals surface area contributed by atoms with E-state index in [-0.39, 0.29) is 36.2 Å². The average Bonchev–Trinajstić information content (AvgIpc) is 3.36. The van der Waals surface area contributed by atoms with E-state index < -0.39 is 28.7 Å². The van der Waals surface area contributed by atoms with Crippen LogP contribution in [-0.2, 0) is 19.1 Å². The lowest BCUT2D eigenvalue weighted by Gasteiger charge is -2.35. The molecule has 6 atom stereocenters. The molecule has 0 aromatic heterocycles. The Morgan fingerprint density at radius 2 is 2.10 bits per heavy atom. The Morgan fingerprint density at radius 3 is 2.73 bits per heavy atom. The summed E-state index contributed by atoms with van der Waals surface area (Å²) in [5, 5.41) is 13.2. The molecule has 7 nitrogen and oxygen atoms in total. The summed E-state index contributed by atoms with van der Waals surface area (Å²) in [5.74, 6) is -2.11. The molecule has 3 heterocycles. The normalized spacial score (nSPS) is 32.8. The van der Waals surface area contributed by atoms with Crippen molar-refractivity contribution in [2.45, 2.75) is 48.8 Å². The Balaban J connectivity index is 1.70. The van der Waals surface area contributed by atoms with Gasteiger partial charge in [-0.3, -0.25) is 14.4 Å². The highest BCUT2D eigenvalue weighted by molar-refractivity contribution is 8.02. The predicted molar refractivity (Wildman–Crippen MR) is 114 cm³/mol. The zero-order valence-corrected chi connectivity index (χ0v) is 18.4. The van der Waals surface area contributed by atoms with Crippen LogP contribution in [0, 0.1) is 11.8 Å². The van der Waals surface area contributed by atoms with Gasteiger partial charge >= 0.3 is 5.97 Å². The van der Waals surface area contributed by atoms with E-state index in [1.807, 2.05) is 0 Å². The molecule has 2 bridgehead atoms. The summed E-state index contributed by atoms with van der Waals surface area (Å²) in [7, 11) is 0. The third-order valence-electron chi connectivity index (χ3n) is 6.40. The Bertz CT molecular complexity index is 865. The van der Waals surface area contributed by atoms with Gasteiger partial charge in [-0.05, 0) is 51.0 Å². The van der Waals surface area contributed by atoms with Crippen LogP contribution in [0.25, 0.3) is 0 Å². The number of aliphatic hydroxyl groups excluding tert-OH is 1. The molecule has 3 fully saturated rings. The van der Waals surface area contributed by atoms with Crippen molar-refractivity contribution in [3.63, 3.8) is 0 Å². The van der Waals surface area contributed by atoms with Gasteiger partial charge in [-0.15, -0.1) is 11.8 Å². The van der Waals surface area contributed by atoms with Gasteiger partial charge in [-0.2, -0.15) is 0 Å². The quantitative estimate of drug-likeness (QED) is 0.643. The molecule has 3 saturated heterocycles. The van der Waals surface area contributed by atoms with E-state index in [1.165, 1.54) is 4.90 Å². The number of esters is 1. The van der Waals surface area contributed by atoms with E-state index in [4.69, 9.17) is 16.3 Å². The van der Waals surface area contributed by atoms with Crippen LogP contribution in [0.2, 0.25) is 5.02 Å². The number of halogens is 1. The standard InChI is InChI=1S/C21H25ClN2O5S/c1-3-29-20(28)15-14-8-9-21(30-14)16(15)19(27)24(11(2)10-25)17(21)18(26)23-13-6-4-12(22)5-7-13/h4-7,11,14-17,25H,3,8-10H2,1-2H3,(H,23,26)/t11-,14+,15-,16+,17?,21?/m1/s1.